The molecule has 1 aromatic carbocycles. The van der Waals surface area contributed by atoms with Gasteiger partial charge in [0.2, 0.25) is 0 Å². The summed E-state index contributed by atoms with van der Waals surface area (Å²) < 4.78 is 15.5. The van der Waals surface area contributed by atoms with Crippen LogP contribution in [-0.2, 0) is 6.61 Å². The molecular formula is C13H15NO4. The van der Waals surface area contributed by atoms with Crippen LogP contribution >= 0.6 is 0 Å². The van der Waals surface area contributed by atoms with E-state index < -0.39 is 6.10 Å². The van der Waals surface area contributed by atoms with Crippen LogP contribution in [0.3, 0.4) is 0 Å². The third-order valence-corrected chi connectivity index (χ3v) is 2.55. The van der Waals surface area contributed by atoms with E-state index in [1.54, 1.807) is 38.4 Å². The Morgan fingerprint density at radius 3 is 2.89 bits per heavy atom. The van der Waals surface area contributed by atoms with Crippen LogP contribution < -0.4 is 9.47 Å². The van der Waals surface area contributed by atoms with Crippen molar-refractivity contribution in [3.8, 4) is 11.5 Å². The second-order valence-electron chi connectivity index (χ2n) is 3.90. The second kappa shape index (κ2) is 5.55. The summed E-state index contributed by atoms with van der Waals surface area (Å²) in [6, 6.07) is 5.32. The maximum Gasteiger partial charge on any atom is 0.130 e. The van der Waals surface area contributed by atoms with Crippen molar-refractivity contribution in [2.45, 2.75) is 19.6 Å². The van der Waals surface area contributed by atoms with Crippen LogP contribution in [0.1, 0.15) is 24.2 Å². The highest BCUT2D eigenvalue weighted by Gasteiger charge is 2.11. The molecule has 0 radical (unpaired) electrons. The number of ether oxygens (including phenoxy) is 2. The largest absolute Gasteiger partial charge is 0.497 e. The summed E-state index contributed by atoms with van der Waals surface area (Å²) in [7, 11) is 1.58. The van der Waals surface area contributed by atoms with Gasteiger partial charge in [0.05, 0.1) is 19.4 Å². The smallest absolute Gasteiger partial charge is 0.130 e. The average molecular weight is 249 g/mol. The van der Waals surface area contributed by atoms with Crippen molar-refractivity contribution >= 4 is 0 Å². The van der Waals surface area contributed by atoms with Gasteiger partial charge in [0.25, 0.3) is 0 Å². The van der Waals surface area contributed by atoms with Crippen molar-refractivity contribution in [1.29, 1.82) is 0 Å². The molecular weight excluding hydrogens is 234 g/mol. The van der Waals surface area contributed by atoms with Gasteiger partial charge >= 0.3 is 0 Å². The molecule has 0 aliphatic rings. The molecule has 1 aromatic heterocycles. The zero-order chi connectivity index (χ0) is 13.0. The van der Waals surface area contributed by atoms with Crippen molar-refractivity contribution < 1.29 is 19.1 Å². The van der Waals surface area contributed by atoms with Gasteiger partial charge in [-0.15, -0.1) is 0 Å². The number of benzene rings is 1. The Hall–Kier alpha value is -2.01. The van der Waals surface area contributed by atoms with Crippen LogP contribution in [0.5, 0.6) is 11.5 Å². The first-order valence-electron chi connectivity index (χ1n) is 5.57. The van der Waals surface area contributed by atoms with Crippen molar-refractivity contribution in [3.05, 3.63) is 41.8 Å². The molecule has 0 bridgehead atoms. The van der Waals surface area contributed by atoms with E-state index in [-0.39, 0.29) is 0 Å². The van der Waals surface area contributed by atoms with Crippen LogP contribution in [-0.4, -0.2) is 17.4 Å². The molecule has 0 saturated carbocycles. The lowest BCUT2D eigenvalue weighted by Gasteiger charge is -2.14. The third-order valence-electron chi connectivity index (χ3n) is 2.55. The van der Waals surface area contributed by atoms with Crippen LogP contribution in [0.4, 0.5) is 0 Å². The summed E-state index contributed by atoms with van der Waals surface area (Å²) in [5.41, 5.74) is 1.54. The summed E-state index contributed by atoms with van der Waals surface area (Å²) >= 11 is 0. The molecule has 5 heteroatoms. The van der Waals surface area contributed by atoms with Gasteiger partial charge in [-0.3, -0.25) is 0 Å². The van der Waals surface area contributed by atoms with Crippen molar-refractivity contribution in [2.24, 2.45) is 0 Å². The van der Waals surface area contributed by atoms with E-state index in [1.165, 1.54) is 6.26 Å². The van der Waals surface area contributed by atoms with Gasteiger partial charge < -0.3 is 19.1 Å². The highest BCUT2D eigenvalue weighted by Crippen LogP contribution is 2.30. The van der Waals surface area contributed by atoms with E-state index in [9.17, 15) is 5.11 Å². The van der Waals surface area contributed by atoms with Crippen molar-refractivity contribution in [2.75, 3.05) is 7.11 Å². The van der Waals surface area contributed by atoms with Gasteiger partial charge in [0, 0.05) is 17.2 Å². The topological polar surface area (TPSA) is 64.7 Å². The Labute approximate surface area is 105 Å². The molecule has 1 heterocycles. The maximum atomic E-state index is 9.67. The maximum absolute atomic E-state index is 9.67. The van der Waals surface area contributed by atoms with Gasteiger partial charge in [0.15, 0.2) is 0 Å². The molecule has 0 spiro atoms. The van der Waals surface area contributed by atoms with E-state index in [2.05, 4.69) is 5.16 Å². The highest BCUT2D eigenvalue weighted by atomic mass is 16.5. The Morgan fingerprint density at radius 1 is 1.44 bits per heavy atom. The first-order valence-corrected chi connectivity index (χ1v) is 5.57. The van der Waals surface area contributed by atoms with Gasteiger partial charge in [-0.2, -0.15) is 0 Å². The SMILES string of the molecule is COc1ccc(C(C)O)c(OCc2cnoc2)c1. The van der Waals surface area contributed by atoms with E-state index in [0.717, 1.165) is 5.56 Å². The molecule has 0 aliphatic heterocycles. The second-order valence-corrected chi connectivity index (χ2v) is 3.90. The first kappa shape index (κ1) is 12.4. The molecule has 0 saturated heterocycles. The number of aliphatic hydroxyl groups is 1. The number of rotatable bonds is 5. The lowest BCUT2D eigenvalue weighted by atomic mass is 10.1. The number of hydrogen-bond donors (Lipinski definition) is 1. The molecule has 0 amide bonds. The number of methoxy groups -OCH3 is 1. The van der Waals surface area contributed by atoms with Crippen LogP contribution in [0.2, 0.25) is 0 Å². The molecule has 18 heavy (non-hydrogen) atoms. The van der Waals surface area contributed by atoms with Crippen molar-refractivity contribution in [3.63, 3.8) is 0 Å². The van der Waals surface area contributed by atoms with E-state index in [4.69, 9.17) is 14.0 Å². The summed E-state index contributed by atoms with van der Waals surface area (Å²) in [5, 5.41) is 13.3. The predicted molar refractivity (Wildman–Crippen MR) is 64.5 cm³/mol. The fraction of sp³-hybridized carbons (Fsp3) is 0.308. The molecule has 1 atom stereocenters. The van der Waals surface area contributed by atoms with Gasteiger partial charge in [-0.25, -0.2) is 0 Å². The van der Waals surface area contributed by atoms with E-state index in [0.29, 0.717) is 23.7 Å². The molecule has 0 fully saturated rings. The summed E-state index contributed by atoms with van der Waals surface area (Å²) in [6.45, 7) is 2.02. The van der Waals surface area contributed by atoms with Gasteiger partial charge in [-0.05, 0) is 19.1 Å². The first-order chi connectivity index (χ1) is 8.70. The molecule has 96 valence electrons. The van der Waals surface area contributed by atoms with Crippen molar-refractivity contribution in [1.82, 2.24) is 5.16 Å². The number of nitrogens with zero attached hydrogens (tertiary/aromatic N) is 1. The fourth-order valence-corrected chi connectivity index (χ4v) is 1.57. The average Bonchev–Trinajstić information content (AvgIpc) is 2.88. The summed E-state index contributed by atoms with van der Waals surface area (Å²) in [6.07, 6.45) is 2.50. The standard InChI is InChI=1S/C13H15NO4/c1-9(15)12-4-3-11(16-2)5-13(12)17-7-10-6-14-18-8-10/h3-6,8-9,15H,7H2,1-2H3. The van der Waals surface area contributed by atoms with E-state index >= 15 is 0 Å². The monoisotopic (exact) mass is 249 g/mol. The number of hydrogen-bond acceptors (Lipinski definition) is 5. The fourth-order valence-electron chi connectivity index (χ4n) is 1.57. The van der Waals surface area contributed by atoms with Gasteiger partial charge in [-0.1, -0.05) is 5.16 Å². The number of aromatic nitrogens is 1. The Kier molecular flexibility index (Phi) is 3.84. The Morgan fingerprint density at radius 2 is 2.28 bits per heavy atom. The minimum absolute atomic E-state index is 0.330. The lowest BCUT2D eigenvalue weighted by molar-refractivity contribution is 0.189. The van der Waals surface area contributed by atoms with Gasteiger partial charge in [0.1, 0.15) is 24.4 Å². The quantitative estimate of drug-likeness (QED) is 0.880. The molecule has 2 rings (SSSR count). The molecule has 5 nitrogen and oxygen atoms in total. The Balaban J connectivity index is 2.18. The molecule has 2 aromatic rings. The molecule has 0 aliphatic carbocycles. The van der Waals surface area contributed by atoms with Crippen LogP contribution in [0, 0.1) is 0 Å². The lowest BCUT2D eigenvalue weighted by Crippen LogP contribution is -2.01. The van der Waals surface area contributed by atoms with Crippen LogP contribution in [0.25, 0.3) is 0 Å². The molecule has 1 unspecified atom stereocenters. The highest BCUT2D eigenvalue weighted by molar-refractivity contribution is 5.41. The van der Waals surface area contributed by atoms with Crippen LogP contribution in [0.15, 0.2) is 35.2 Å². The summed E-state index contributed by atoms with van der Waals surface area (Å²) in [4.78, 5) is 0. The van der Waals surface area contributed by atoms with E-state index in [1.807, 2.05) is 0 Å². The molecule has 1 N–H and O–H groups in total. The third kappa shape index (κ3) is 2.81. The Bertz CT molecular complexity index is 494. The summed E-state index contributed by atoms with van der Waals surface area (Å²) in [5.74, 6) is 1.27. The minimum atomic E-state index is -0.603. The zero-order valence-corrected chi connectivity index (χ0v) is 10.3. The number of aliphatic hydroxyl groups excluding tert-OH is 1. The zero-order valence-electron chi connectivity index (χ0n) is 10.3. The minimum Gasteiger partial charge on any atom is -0.497 e. The predicted octanol–water partition coefficient (Wildman–Crippen LogP) is 2.32. The normalized spacial score (nSPS) is 12.2.